The van der Waals surface area contributed by atoms with Crippen molar-refractivity contribution in [2.45, 2.75) is 62.6 Å². The summed E-state index contributed by atoms with van der Waals surface area (Å²) in [6.07, 6.45) is 0.739. The van der Waals surface area contributed by atoms with Gasteiger partial charge in [0, 0.05) is 56.7 Å². The maximum atomic E-state index is 10.3. The molecular weight excluding hydrogens is 454 g/mol. The Bertz CT molecular complexity index is 1280. The number of tetrazole rings is 1. The third-order valence-corrected chi connectivity index (χ3v) is 7.12. The van der Waals surface area contributed by atoms with Crippen LogP contribution in [0.2, 0.25) is 5.02 Å². The van der Waals surface area contributed by atoms with Gasteiger partial charge >= 0.3 is 0 Å². The fourth-order valence-electron chi connectivity index (χ4n) is 4.21. The van der Waals surface area contributed by atoms with Crippen molar-refractivity contribution < 1.29 is 5.11 Å². The third kappa shape index (κ3) is 5.04. The van der Waals surface area contributed by atoms with Crippen LogP contribution in [0.3, 0.4) is 0 Å². The lowest BCUT2D eigenvalue weighted by molar-refractivity contribution is 0.444. The van der Waals surface area contributed by atoms with Crippen LogP contribution in [0.1, 0.15) is 51.7 Å². The molecule has 0 bridgehead atoms. The maximum absolute atomic E-state index is 10.3. The van der Waals surface area contributed by atoms with Gasteiger partial charge in [-0.1, -0.05) is 58.4 Å². The molecule has 2 aromatic carbocycles. The van der Waals surface area contributed by atoms with E-state index in [1.807, 2.05) is 43.1 Å². The van der Waals surface area contributed by atoms with Gasteiger partial charge in [-0.05, 0) is 46.3 Å². The van der Waals surface area contributed by atoms with Crippen molar-refractivity contribution in [1.29, 1.82) is 0 Å². The summed E-state index contributed by atoms with van der Waals surface area (Å²) < 4.78 is 4.10. The van der Waals surface area contributed by atoms with Crippen LogP contribution >= 0.6 is 23.4 Å². The Labute approximate surface area is 203 Å². The molecule has 0 fully saturated rings. The highest BCUT2D eigenvalue weighted by Crippen LogP contribution is 2.44. The van der Waals surface area contributed by atoms with E-state index in [1.165, 1.54) is 10.6 Å². The van der Waals surface area contributed by atoms with E-state index < -0.39 is 0 Å². The molecule has 6 nitrogen and oxygen atoms in total. The van der Waals surface area contributed by atoms with Gasteiger partial charge in [-0.2, -0.15) is 0 Å². The first-order chi connectivity index (χ1) is 15.4. The van der Waals surface area contributed by atoms with E-state index in [-0.39, 0.29) is 15.9 Å². The summed E-state index contributed by atoms with van der Waals surface area (Å²) in [5.41, 5.74) is 3.16. The first kappa shape index (κ1) is 23.6. The topological polar surface area (TPSA) is 68.8 Å². The van der Waals surface area contributed by atoms with E-state index in [1.54, 1.807) is 10.7 Å². The number of halogens is 1. The summed E-state index contributed by atoms with van der Waals surface area (Å²) in [6, 6.07) is 13.6. The standard InChI is InChI=1S/C25H30ClN5OS/c1-24(2,3)33-22-19-13-18(32)11-12-20(19)31(15-16-7-9-17(26)10-8-16)21(22)14-25(4,5)23-27-28-29-30(23)6/h7-13,32H,14-15H2,1-6H3. The third-order valence-electron chi connectivity index (χ3n) is 5.60. The van der Waals surface area contributed by atoms with Crippen LogP contribution in [-0.2, 0) is 25.4 Å². The SMILES string of the molecule is Cn1nnnc1C(C)(C)Cc1c(SC(C)(C)C)c2cc(O)ccc2n1Cc1ccc(Cl)cc1. The maximum Gasteiger partial charge on any atom is 0.156 e. The minimum absolute atomic E-state index is 0.00390. The molecule has 1 N–H and O–H groups in total. The van der Waals surface area contributed by atoms with Gasteiger partial charge in [0.25, 0.3) is 0 Å². The molecule has 0 saturated heterocycles. The number of phenolic OH excluding ortho intramolecular Hbond substituents is 1. The average Bonchev–Trinajstić information content (AvgIpc) is 3.26. The smallest absolute Gasteiger partial charge is 0.156 e. The van der Waals surface area contributed by atoms with Crippen LogP contribution in [0.5, 0.6) is 5.75 Å². The van der Waals surface area contributed by atoms with Gasteiger partial charge in [0.05, 0.1) is 0 Å². The second kappa shape index (κ2) is 8.69. The lowest BCUT2D eigenvalue weighted by Gasteiger charge is -2.26. The number of rotatable bonds is 6. The van der Waals surface area contributed by atoms with Gasteiger partial charge < -0.3 is 9.67 Å². The zero-order valence-corrected chi connectivity index (χ0v) is 21.5. The molecule has 0 aliphatic heterocycles. The van der Waals surface area contributed by atoms with Gasteiger partial charge in [-0.15, -0.1) is 16.9 Å². The van der Waals surface area contributed by atoms with Crippen LogP contribution in [-0.4, -0.2) is 34.6 Å². The van der Waals surface area contributed by atoms with Gasteiger partial charge in [-0.25, -0.2) is 4.68 Å². The Morgan fingerprint density at radius 3 is 2.33 bits per heavy atom. The molecule has 0 aliphatic carbocycles. The highest BCUT2D eigenvalue weighted by atomic mass is 35.5. The van der Waals surface area contributed by atoms with Crippen LogP contribution < -0.4 is 0 Å². The van der Waals surface area contributed by atoms with Crippen molar-refractivity contribution in [3.05, 3.63) is 64.6 Å². The number of hydrogen-bond acceptors (Lipinski definition) is 5. The van der Waals surface area contributed by atoms with Crippen LogP contribution in [0.25, 0.3) is 10.9 Å². The summed E-state index contributed by atoms with van der Waals surface area (Å²) in [7, 11) is 1.88. The first-order valence-electron chi connectivity index (χ1n) is 10.9. The molecule has 0 spiro atoms. The van der Waals surface area contributed by atoms with E-state index >= 15 is 0 Å². The molecule has 0 unspecified atom stereocenters. The van der Waals surface area contributed by atoms with Crippen molar-refractivity contribution in [2.75, 3.05) is 0 Å². The molecule has 174 valence electrons. The minimum Gasteiger partial charge on any atom is -0.508 e. The van der Waals surface area contributed by atoms with Crippen molar-refractivity contribution in [3.63, 3.8) is 0 Å². The summed E-state index contributed by atoms with van der Waals surface area (Å²) in [4.78, 5) is 1.19. The highest BCUT2D eigenvalue weighted by molar-refractivity contribution is 8.00. The van der Waals surface area contributed by atoms with E-state index in [4.69, 9.17) is 11.6 Å². The Kier molecular flexibility index (Phi) is 6.22. The number of phenols is 1. The number of hydrogen-bond donors (Lipinski definition) is 1. The largest absolute Gasteiger partial charge is 0.508 e. The first-order valence-corrected chi connectivity index (χ1v) is 12.1. The minimum atomic E-state index is -0.306. The lowest BCUT2D eigenvalue weighted by Crippen LogP contribution is -2.27. The Morgan fingerprint density at radius 1 is 1.03 bits per heavy atom. The van der Waals surface area contributed by atoms with E-state index in [0.29, 0.717) is 6.54 Å². The van der Waals surface area contributed by atoms with Crippen LogP contribution in [0.15, 0.2) is 47.4 Å². The molecule has 2 aromatic heterocycles. The Balaban J connectivity index is 1.93. The summed E-state index contributed by atoms with van der Waals surface area (Å²) in [5, 5.41) is 24.4. The lowest BCUT2D eigenvalue weighted by atomic mass is 9.86. The summed E-state index contributed by atoms with van der Waals surface area (Å²) in [5.74, 6) is 1.10. The highest BCUT2D eigenvalue weighted by Gasteiger charge is 2.32. The Hall–Kier alpha value is -2.51. The van der Waals surface area contributed by atoms with Gasteiger partial charge in [0.15, 0.2) is 5.82 Å². The van der Waals surface area contributed by atoms with E-state index in [2.05, 4.69) is 66.8 Å². The van der Waals surface area contributed by atoms with Gasteiger partial charge in [-0.3, -0.25) is 0 Å². The normalized spacial score (nSPS) is 12.6. The number of fused-ring (bicyclic) bond motifs is 1. The monoisotopic (exact) mass is 483 g/mol. The second-order valence-electron chi connectivity index (χ2n) is 10.1. The quantitative estimate of drug-likeness (QED) is 0.341. The molecule has 0 atom stereocenters. The van der Waals surface area contributed by atoms with Crippen molar-refractivity contribution >= 4 is 34.3 Å². The Morgan fingerprint density at radius 2 is 1.73 bits per heavy atom. The van der Waals surface area contributed by atoms with Crippen LogP contribution in [0, 0.1) is 0 Å². The van der Waals surface area contributed by atoms with E-state index in [0.717, 1.165) is 33.7 Å². The molecule has 33 heavy (non-hydrogen) atoms. The molecule has 4 aromatic rings. The predicted octanol–water partition coefficient (Wildman–Crippen LogP) is 5.98. The molecule has 0 aliphatic rings. The number of thioether (sulfide) groups is 1. The fourth-order valence-corrected chi connectivity index (χ4v) is 5.53. The predicted molar refractivity (Wildman–Crippen MR) is 135 cm³/mol. The van der Waals surface area contributed by atoms with Gasteiger partial charge in [0.2, 0.25) is 0 Å². The molecule has 2 heterocycles. The average molecular weight is 484 g/mol. The summed E-state index contributed by atoms with van der Waals surface area (Å²) in [6.45, 7) is 11.7. The number of nitrogens with zero attached hydrogens (tertiary/aromatic N) is 5. The zero-order valence-electron chi connectivity index (χ0n) is 19.9. The molecule has 0 amide bonds. The zero-order chi connectivity index (χ0) is 24.0. The van der Waals surface area contributed by atoms with Crippen LogP contribution in [0.4, 0.5) is 0 Å². The summed E-state index contributed by atoms with van der Waals surface area (Å²) >= 11 is 7.97. The molecular formula is C25H30ClN5OS. The molecule has 8 heteroatoms. The van der Waals surface area contributed by atoms with Crippen molar-refractivity contribution in [1.82, 2.24) is 24.8 Å². The van der Waals surface area contributed by atoms with Gasteiger partial charge in [0.1, 0.15) is 5.75 Å². The number of benzene rings is 2. The second-order valence-corrected chi connectivity index (χ2v) is 12.4. The number of aromatic nitrogens is 5. The van der Waals surface area contributed by atoms with Crippen molar-refractivity contribution in [3.8, 4) is 5.75 Å². The fraction of sp³-hybridized carbons (Fsp3) is 0.400. The van der Waals surface area contributed by atoms with E-state index in [9.17, 15) is 5.11 Å². The number of aromatic hydroxyl groups is 1. The molecule has 0 radical (unpaired) electrons. The molecule has 0 saturated carbocycles. The van der Waals surface area contributed by atoms with Crippen molar-refractivity contribution in [2.24, 2.45) is 7.05 Å². The molecule has 4 rings (SSSR count). The number of aryl methyl sites for hydroxylation is 1.